The van der Waals surface area contributed by atoms with Crippen molar-refractivity contribution in [1.82, 2.24) is 20.5 Å². The van der Waals surface area contributed by atoms with Crippen molar-refractivity contribution < 1.29 is 9.18 Å². The van der Waals surface area contributed by atoms with E-state index in [0.29, 0.717) is 24.7 Å². The normalized spacial score (nSPS) is 14.8. The Morgan fingerprint density at radius 1 is 1.17 bits per heavy atom. The zero-order valence-electron chi connectivity index (χ0n) is 17.3. The van der Waals surface area contributed by atoms with Crippen molar-refractivity contribution in [2.45, 2.75) is 52.2 Å². The smallest absolute Gasteiger partial charge is 0.318 e. The molecule has 0 saturated carbocycles. The maximum Gasteiger partial charge on any atom is 0.318 e. The highest BCUT2D eigenvalue weighted by Gasteiger charge is 2.25. The van der Waals surface area contributed by atoms with Gasteiger partial charge in [-0.05, 0) is 61.5 Å². The van der Waals surface area contributed by atoms with Crippen molar-refractivity contribution in [2.75, 3.05) is 13.1 Å². The van der Waals surface area contributed by atoms with Crippen LogP contribution >= 0.6 is 0 Å². The molecule has 1 aliphatic rings. The molecule has 1 saturated heterocycles. The lowest BCUT2D eigenvalue weighted by molar-refractivity contribution is 0.153. The summed E-state index contributed by atoms with van der Waals surface area (Å²) in [6.45, 7) is 7.06. The molecule has 29 heavy (non-hydrogen) atoms. The first-order valence-corrected chi connectivity index (χ1v) is 10.4. The van der Waals surface area contributed by atoms with Gasteiger partial charge in [-0.2, -0.15) is 0 Å². The molecule has 156 valence electrons. The van der Waals surface area contributed by atoms with Gasteiger partial charge in [-0.25, -0.2) is 9.18 Å². The molecule has 0 bridgehead atoms. The van der Waals surface area contributed by atoms with Crippen LogP contribution in [0.3, 0.4) is 0 Å². The Morgan fingerprint density at radius 2 is 1.86 bits per heavy atom. The van der Waals surface area contributed by atoms with Crippen LogP contribution in [0.5, 0.6) is 0 Å². The van der Waals surface area contributed by atoms with E-state index >= 15 is 0 Å². The molecule has 1 aromatic carbocycles. The topological polar surface area (TPSA) is 57.3 Å². The molecular weight excluding hydrogens is 367 g/mol. The average Bonchev–Trinajstić information content (AvgIpc) is 2.73. The Labute approximate surface area is 172 Å². The summed E-state index contributed by atoms with van der Waals surface area (Å²) in [6, 6.07) is 11.5. The number of benzene rings is 1. The molecule has 2 heterocycles. The number of nitrogens with zero attached hydrogens (tertiary/aromatic N) is 2. The van der Waals surface area contributed by atoms with Gasteiger partial charge < -0.3 is 15.5 Å². The van der Waals surface area contributed by atoms with Gasteiger partial charge in [0.05, 0.1) is 18.4 Å². The van der Waals surface area contributed by atoms with E-state index in [0.717, 1.165) is 37.9 Å². The molecule has 0 radical (unpaired) electrons. The Bertz CT molecular complexity index is 770. The van der Waals surface area contributed by atoms with E-state index < -0.39 is 0 Å². The summed E-state index contributed by atoms with van der Waals surface area (Å²) in [5.74, 6) is 0.256. The highest BCUT2D eigenvalue weighted by molar-refractivity contribution is 5.74. The number of carbonyl (C=O) groups excluding carboxylic acids is 1. The van der Waals surface area contributed by atoms with Crippen LogP contribution in [0.1, 0.15) is 43.5 Å². The van der Waals surface area contributed by atoms with Gasteiger partial charge in [0.25, 0.3) is 0 Å². The standard InChI is InChI=1S/C23H31FN4O/c1-17(2)13-18-3-5-19(6-4-18)14-27-23(29)28(22-9-11-25-12-10-22)16-21-8-7-20(24)15-26-21/h3-8,15,17,22,25H,9-14,16H2,1-2H3,(H,27,29). The van der Waals surface area contributed by atoms with Crippen LogP contribution in [-0.2, 0) is 19.5 Å². The lowest BCUT2D eigenvalue weighted by atomic mass is 10.0. The number of piperidine rings is 1. The summed E-state index contributed by atoms with van der Waals surface area (Å²) in [7, 11) is 0. The molecule has 1 fully saturated rings. The fourth-order valence-electron chi connectivity index (χ4n) is 3.70. The minimum Gasteiger partial charge on any atom is -0.334 e. The fraction of sp³-hybridized carbons (Fsp3) is 0.478. The van der Waals surface area contributed by atoms with Crippen LogP contribution in [0.4, 0.5) is 9.18 Å². The molecule has 0 atom stereocenters. The summed E-state index contributed by atoms with van der Waals surface area (Å²) in [5.41, 5.74) is 3.09. The minimum absolute atomic E-state index is 0.103. The molecule has 2 N–H and O–H groups in total. The zero-order valence-corrected chi connectivity index (χ0v) is 17.3. The zero-order chi connectivity index (χ0) is 20.6. The van der Waals surface area contributed by atoms with Crippen LogP contribution in [0.15, 0.2) is 42.6 Å². The van der Waals surface area contributed by atoms with Crippen molar-refractivity contribution in [2.24, 2.45) is 5.92 Å². The van der Waals surface area contributed by atoms with Crippen LogP contribution in [0.2, 0.25) is 0 Å². The van der Waals surface area contributed by atoms with Gasteiger partial charge in [-0.15, -0.1) is 0 Å². The fourth-order valence-corrected chi connectivity index (χ4v) is 3.70. The van der Waals surface area contributed by atoms with E-state index in [-0.39, 0.29) is 17.9 Å². The molecule has 1 aromatic heterocycles. The monoisotopic (exact) mass is 398 g/mol. The minimum atomic E-state index is -0.368. The predicted octanol–water partition coefficient (Wildman–Crippen LogP) is 3.88. The maximum absolute atomic E-state index is 13.2. The number of urea groups is 1. The first kappa shape index (κ1) is 21.2. The van der Waals surface area contributed by atoms with Gasteiger partial charge >= 0.3 is 6.03 Å². The highest BCUT2D eigenvalue weighted by Crippen LogP contribution is 2.16. The van der Waals surface area contributed by atoms with Crippen LogP contribution in [-0.4, -0.2) is 35.0 Å². The van der Waals surface area contributed by atoms with Gasteiger partial charge in [0.2, 0.25) is 0 Å². The number of nitrogens with one attached hydrogen (secondary N) is 2. The number of halogens is 1. The summed E-state index contributed by atoms with van der Waals surface area (Å²) in [6.07, 6.45) is 4.06. The number of amides is 2. The van der Waals surface area contributed by atoms with Crippen molar-refractivity contribution >= 4 is 6.03 Å². The van der Waals surface area contributed by atoms with Gasteiger partial charge in [-0.1, -0.05) is 38.1 Å². The second-order valence-corrected chi connectivity index (χ2v) is 8.15. The van der Waals surface area contributed by atoms with Crippen molar-refractivity contribution in [3.05, 3.63) is 65.2 Å². The van der Waals surface area contributed by atoms with Gasteiger partial charge in [-0.3, -0.25) is 4.98 Å². The molecule has 1 aliphatic heterocycles. The summed E-state index contributed by atoms with van der Waals surface area (Å²) < 4.78 is 13.2. The molecule has 0 aliphatic carbocycles. The molecular formula is C23H31FN4O. The number of aromatic nitrogens is 1. The van der Waals surface area contributed by atoms with Crippen molar-refractivity contribution in [1.29, 1.82) is 0 Å². The molecule has 2 aromatic rings. The maximum atomic E-state index is 13.2. The van der Waals surface area contributed by atoms with E-state index in [4.69, 9.17) is 0 Å². The largest absolute Gasteiger partial charge is 0.334 e. The lowest BCUT2D eigenvalue weighted by Crippen LogP contribution is -2.49. The second-order valence-electron chi connectivity index (χ2n) is 8.15. The molecule has 0 spiro atoms. The van der Waals surface area contributed by atoms with E-state index in [9.17, 15) is 9.18 Å². The number of hydrogen-bond donors (Lipinski definition) is 2. The van der Waals surface area contributed by atoms with Gasteiger partial charge in [0.1, 0.15) is 5.82 Å². The van der Waals surface area contributed by atoms with Crippen molar-refractivity contribution in [3.8, 4) is 0 Å². The van der Waals surface area contributed by atoms with E-state index in [1.54, 1.807) is 6.07 Å². The van der Waals surface area contributed by atoms with Crippen LogP contribution in [0, 0.1) is 11.7 Å². The summed E-state index contributed by atoms with van der Waals surface area (Å²) in [5, 5.41) is 6.39. The highest BCUT2D eigenvalue weighted by atomic mass is 19.1. The predicted molar refractivity (Wildman–Crippen MR) is 113 cm³/mol. The third-order valence-electron chi connectivity index (χ3n) is 5.24. The SMILES string of the molecule is CC(C)Cc1ccc(CNC(=O)N(Cc2ccc(F)cn2)C2CCNCC2)cc1. The Balaban J connectivity index is 1.63. The molecule has 2 amide bonds. The number of hydrogen-bond acceptors (Lipinski definition) is 3. The quantitative estimate of drug-likeness (QED) is 0.744. The van der Waals surface area contributed by atoms with E-state index in [2.05, 4.69) is 53.7 Å². The number of pyridine rings is 1. The average molecular weight is 399 g/mol. The first-order chi connectivity index (χ1) is 14.0. The summed E-state index contributed by atoms with van der Waals surface area (Å²) >= 11 is 0. The Kier molecular flexibility index (Phi) is 7.58. The van der Waals surface area contributed by atoms with Gasteiger partial charge in [0.15, 0.2) is 0 Å². The molecule has 6 heteroatoms. The second kappa shape index (κ2) is 10.3. The number of rotatable bonds is 7. The third-order valence-corrected chi connectivity index (χ3v) is 5.24. The summed E-state index contributed by atoms with van der Waals surface area (Å²) in [4.78, 5) is 19.0. The first-order valence-electron chi connectivity index (χ1n) is 10.4. The third kappa shape index (κ3) is 6.53. The Morgan fingerprint density at radius 3 is 2.48 bits per heavy atom. The molecule has 5 nitrogen and oxygen atoms in total. The molecule has 3 rings (SSSR count). The van der Waals surface area contributed by atoms with Crippen LogP contribution in [0.25, 0.3) is 0 Å². The lowest BCUT2D eigenvalue weighted by Gasteiger charge is -2.34. The van der Waals surface area contributed by atoms with E-state index in [1.165, 1.54) is 17.8 Å². The molecule has 0 unspecified atom stereocenters. The van der Waals surface area contributed by atoms with Crippen LogP contribution < -0.4 is 10.6 Å². The van der Waals surface area contributed by atoms with Gasteiger partial charge in [0, 0.05) is 12.6 Å². The Hall–Kier alpha value is -2.47. The van der Waals surface area contributed by atoms with E-state index in [1.807, 2.05) is 4.90 Å². The number of carbonyl (C=O) groups is 1. The van der Waals surface area contributed by atoms with Crippen molar-refractivity contribution in [3.63, 3.8) is 0 Å².